The second kappa shape index (κ2) is 6.39. The first-order valence-corrected chi connectivity index (χ1v) is 7.17. The Kier molecular flexibility index (Phi) is 4.14. The predicted molar refractivity (Wildman–Crippen MR) is 83.6 cm³/mol. The zero-order valence-corrected chi connectivity index (χ0v) is 12.2. The van der Waals surface area contributed by atoms with Crippen LogP contribution in [0.25, 0.3) is 0 Å². The van der Waals surface area contributed by atoms with Gasteiger partial charge in [-0.15, -0.1) is 0 Å². The molecule has 116 valence electrons. The topological polar surface area (TPSA) is 81.8 Å². The number of benzene rings is 2. The Morgan fingerprint density at radius 1 is 1.09 bits per heavy atom. The number of hydrogen-bond acceptors (Lipinski definition) is 5. The molecule has 1 aliphatic rings. The minimum absolute atomic E-state index is 0.365. The van der Waals surface area contributed by atoms with E-state index < -0.39 is 22.7 Å². The number of oxime groups is 1. The molecule has 2 aromatic carbocycles. The maximum absolute atomic E-state index is 12.2. The van der Waals surface area contributed by atoms with E-state index in [0.29, 0.717) is 5.71 Å². The Balaban J connectivity index is 2.01. The quantitative estimate of drug-likeness (QED) is 0.483. The summed E-state index contributed by atoms with van der Waals surface area (Å²) in [5.74, 6) is -1.97. The Morgan fingerprint density at radius 3 is 2.30 bits per heavy atom. The molecule has 0 spiro atoms. The fourth-order valence-electron chi connectivity index (χ4n) is 2.78. The monoisotopic (exact) mass is 310 g/mol. The van der Waals surface area contributed by atoms with Crippen LogP contribution in [0, 0.1) is 16.0 Å². The first-order chi connectivity index (χ1) is 11.2. The normalized spacial score (nSPS) is 18.2. The summed E-state index contributed by atoms with van der Waals surface area (Å²) in [4.78, 5) is 27.7. The SMILES string of the molecule is O=C1ON=C(c2ccccc2)C1C(C[N+](=O)[O-])c1ccccc1. The first kappa shape index (κ1) is 14.9. The zero-order chi connectivity index (χ0) is 16.2. The van der Waals surface area contributed by atoms with Gasteiger partial charge in [-0.05, 0) is 5.56 Å². The molecule has 23 heavy (non-hydrogen) atoms. The molecule has 0 N–H and O–H groups in total. The van der Waals surface area contributed by atoms with E-state index in [-0.39, 0.29) is 6.54 Å². The van der Waals surface area contributed by atoms with Crippen LogP contribution in [0.4, 0.5) is 0 Å². The molecule has 0 fully saturated rings. The Morgan fingerprint density at radius 2 is 1.70 bits per heavy atom. The standard InChI is InChI=1S/C17H14N2O4/c20-17-15(16(18-23-17)13-9-5-2-6-10-13)14(11-19(21)22)12-7-3-1-4-8-12/h1-10,14-15H,11H2. The van der Waals surface area contributed by atoms with Gasteiger partial charge in [-0.25, -0.2) is 4.79 Å². The van der Waals surface area contributed by atoms with Crippen LogP contribution in [0.15, 0.2) is 65.8 Å². The summed E-state index contributed by atoms with van der Waals surface area (Å²) in [5, 5.41) is 15.0. The second-order valence-electron chi connectivity index (χ2n) is 5.26. The molecule has 6 heteroatoms. The van der Waals surface area contributed by atoms with Crippen molar-refractivity contribution in [3.8, 4) is 0 Å². The van der Waals surface area contributed by atoms with Gasteiger partial charge in [-0.2, -0.15) is 0 Å². The van der Waals surface area contributed by atoms with Gasteiger partial charge in [-0.1, -0.05) is 65.8 Å². The van der Waals surface area contributed by atoms with Crippen molar-refractivity contribution in [3.63, 3.8) is 0 Å². The molecule has 0 bridgehead atoms. The van der Waals surface area contributed by atoms with Crippen molar-refractivity contribution < 1.29 is 14.6 Å². The van der Waals surface area contributed by atoms with E-state index in [4.69, 9.17) is 4.84 Å². The Labute approximate surface area is 132 Å². The minimum atomic E-state index is -0.787. The molecule has 1 aliphatic heterocycles. The largest absolute Gasteiger partial charge is 0.345 e. The maximum Gasteiger partial charge on any atom is 0.345 e. The van der Waals surface area contributed by atoms with Crippen LogP contribution < -0.4 is 0 Å². The molecule has 0 radical (unpaired) electrons. The summed E-state index contributed by atoms with van der Waals surface area (Å²) in [6.45, 7) is -0.365. The number of carbonyl (C=O) groups is 1. The number of rotatable bonds is 5. The average molecular weight is 310 g/mol. The third-order valence-electron chi connectivity index (χ3n) is 3.83. The van der Waals surface area contributed by atoms with Crippen LogP contribution in [-0.4, -0.2) is 23.1 Å². The summed E-state index contributed by atoms with van der Waals surface area (Å²) in [6, 6.07) is 18.1. The highest BCUT2D eigenvalue weighted by molar-refractivity contribution is 6.14. The maximum atomic E-state index is 12.2. The molecular formula is C17H14N2O4. The van der Waals surface area contributed by atoms with Crippen molar-refractivity contribution in [2.24, 2.45) is 11.1 Å². The van der Waals surface area contributed by atoms with Gasteiger partial charge >= 0.3 is 5.97 Å². The number of hydrogen-bond donors (Lipinski definition) is 0. The number of nitro groups is 1. The van der Waals surface area contributed by atoms with E-state index in [1.54, 1.807) is 24.3 Å². The van der Waals surface area contributed by atoms with Gasteiger partial charge in [0.25, 0.3) is 0 Å². The van der Waals surface area contributed by atoms with Gasteiger partial charge in [0.1, 0.15) is 11.6 Å². The van der Waals surface area contributed by atoms with Gasteiger partial charge in [0, 0.05) is 10.5 Å². The highest BCUT2D eigenvalue weighted by Gasteiger charge is 2.43. The van der Waals surface area contributed by atoms with Crippen LogP contribution in [-0.2, 0) is 9.63 Å². The van der Waals surface area contributed by atoms with Crippen LogP contribution >= 0.6 is 0 Å². The van der Waals surface area contributed by atoms with Gasteiger partial charge in [-0.3, -0.25) is 10.1 Å². The van der Waals surface area contributed by atoms with Crippen molar-refractivity contribution in [1.82, 2.24) is 0 Å². The highest BCUT2D eigenvalue weighted by atomic mass is 16.7. The van der Waals surface area contributed by atoms with Crippen LogP contribution in [0.5, 0.6) is 0 Å². The Hall–Kier alpha value is -3.02. The fourth-order valence-corrected chi connectivity index (χ4v) is 2.78. The van der Waals surface area contributed by atoms with Gasteiger partial charge < -0.3 is 4.84 Å². The lowest BCUT2D eigenvalue weighted by Gasteiger charge is -2.19. The minimum Gasteiger partial charge on any atom is -0.317 e. The smallest absolute Gasteiger partial charge is 0.317 e. The lowest BCUT2D eigenvalue weighted by atomic mass is 9.81. The number of carbonyl (C=O) groups excluding carboxylic acids is 1. The van der Waals surface area contributed by atoms with E-state index in [2.05, 4.69) is 5.16 Å². The second-order valence-corrected chi connectivity index (χ2v) is 5.26. The summed E-state index contributed by atoms with van der Waals surface area (Å²) < 4.78 is 0. The fraction of sp³-hybridized carbons (Fsp3) is 0.176. The zero-order valence-electron chi connectivity index (χ0n) is 12.2. The third-order valence-corrected chi connectivity index (χ3v) is 3.83. The van der Waals surface area contributed by atoms with Gasteiger partial charge in [0.2, 0.25) is 6.54 Å². The molecular weight excluding hydrogens is 296 g/mol. The molecule has 2 atom stereocenters. The average Bonchev–Trinajstić information content (AvgIpc) is 2.95. The molecule has 2 unspecified atom stereocenters. The summed E-state index contributed by atoms with van der Waals surface area (Å²) in [5.41, 5.74) is 1.88. The molecule has 0 aromatic heterocycles. The van der Waals surface area contributed by atoms with Crippen LogP contribution in [0.1, 0.15) is 17.0 Å². The number of nitrogens with zero attached hydrogens (tertiary/aromatic N) is 2. The lowest BCUT2D eigenvalue weighted by molar-refractivity contribution is -0.484. The van der Waals surface area contributed by atoms with Crippen molar-refractivity contribution in [3.05, 3.63) is 81.9 Å². The first-order valence-electron chi connectivity index (χ1n) is 7.17. The van der Waals surface area contributed by atoms with E-state index in [0.717, 1.165) is 11.1 Å². The van der Waals surface area contributed by atoms with Gasteiger partial charge in [0.15, 0.2) is 0 Å². The van der Waals surface area contributed by atoms with Gasteiger partial charge in [0.05, 0.1) is 5.92 Å². The summed E-state index contributed by atoms with van der Waals surface area (Å²) in [6.07, 6.45) is 0. The summed E-state index contributed by atoms with van der Waals surface area (Å²) >= 11 is 0. The molecule has 0 amide bonds. The molecule has 0 aliphatic carbocycles. The molecule has 3 rings (SSSR count). The molecule has 0 saturated heterocycles. The van der Waals surface area contributed by atoms with E-state index in [1.165, 1.54) is 0 Å². The van der Waals surface area contributed by atoms with Crippen molar-refractivity contribution in [1.29, 1.82) is 0 Å². The van der Waals surface area contributed by atoms with Crippen LogP contribution in [0.2, 0.25) is 0 Å². The van der Waals surface area contributed by atoms with E-state index >= 15 is 0 Å². The molecule has 6 nitrogen and oxygen atoms in total. The van der Waals surface area contributed by atoms with Crippen molar-refractivity contribution >= 4 is 11.7 Å². The summed E-state index contributed by atoms with van der Waals surface area (Å²) in [7, 11) is 0. The molecule has 1 heterocycles. The third kappa shape index (κ3) is 3.11. The predicted octanol–water partition coefficient (Wildman–Crippen LogP) is 2.62. The van der Waals surface area contributed by atoms with Crippen LogP contribution in [0.3, 0.4) is 0 Å². The van der Waals surface area contributed by atoms with E-state index in [9.17, 15) is 14.9 Å². The molecule has 0 saturated carbocycles. The highest BCUT2D eigenvalue weighted by Crippen LogP contribution is 2.32. The lowest BCUT2D eigenvalue weighted by Crippen LogP contribution is -2.31. The van der Waals surface area contributed by atoms with Crippen molar-refractivity contribution in [2.45, 2.75) is 5.92 Å². The Bertz CT molecular complexity index is 744. The van der Waals surface area contributed by atoms with Crippen molar-refractivity contribution in [2.75, 3.05) is 6.54 Å². The van der Waals surface area contributed by atoms with E-state index in [1.807, 2.05) is 36.4 Å². The molecule has 2 aromatic rings.